The molecule has 2 aromatic carbocycles. The molecule has 184 valence electrons. The van der Waals surface area contributed by atoms with Gasteiger partial charge in [0.25, 0.3) is 11.5 Å². The van der Waals surface area contributed by atoms with Crippen LogP contribution in [0, 0.1) is 19.3 Å². The predicted molar refractivity (Wildman–Crippen MR) is 126 cm³/mol. The number of ether oxygens (including phenoxy) is 1. The molecule has 4 rings (SSSR count). The van der Waals surface area contributed by atoms with Crippen LogP contribution in [0.25, 0.3) is 0 Å². The number of hydrogen-bond donors (Lipinski definition) is 1. The van der Waals surface area contributed by atoms with E-state index in [1.165, 1.54) is 45.9 Å². The van der Waals surface area contributed by atoms with Crippen LogP contribution in [0.4, 0.5) is 13.2 Å². The van der Waals surface area contributed by atoms with Gasteiger partial charge in [-0.05, 0) is 56.2 Å². The van der Waals surface area contributed by atoms with Gasteiger partial charge in [0.15, 0.2) is 0 Å². The van der Waals surface area contributed by atoms with E-state index in [9.17, 15) is 18.0 Å². The summed E-state index contributed by atoms with van der Waals surface area (Å²) in [5, 5.41) is 3.51. The molecular weight excluding hydrogens is 441 g/mol. The average molecular weight is 475 g/mol. The summed E-state index contributed by atoms with van der Waals surface area (Å²) in [7, 11) is 0.965. The van der Waals surface area contributed by atoms with Gasteiger partial charge >= 0.3 is 6.18 Å². The maximum absolute atomic E-state index is 14.4. The summed E-state index contributed by atoms with van der Waals surface area (Å²) >= 11 is 0. The van der Waals surface area contributed by atoms with Crippen LogP contribution < -0.4 is 5.32 Å². The van der Waals surface area contributed by atoms with Gasteiger partial charge in [0, 0.05) is 38.2 Å². The molecule has 1 N–H and O–H groups in total. The molecule has 4 nitrogen and oxygen atoms in total. The lowest BCUT2D eigenvalue weighted by Gasteiger charge is -2.51. The minimum absolute atomic E-state index is 0.0404. The minimum Gasteiger partial charge on any atom is -0.356 e. The van der Waals surface area contributed by atoms with Gasteiger partial charge in [-0.25, -0.2) is 0 Å². The molecule has 1 unspecified atom stereocenters. The SMILES string of the molecule is CO[C@@](C(=O)N1CCC2(CCNCC2c2cc(C)ccc2C)CC1)(c1ccccc1)C(F)(F)F. The zero-order valence-electron chi connectivity index (χ0n) is 20.0. The van der Waals surface area contributed by atoms with Crippen molar-refractivity contribution in [3.05, 3.63) is 70.8 Å². The van der Waals surface area contributed by atoms with Crippen LogP contribution in [0.3, 0.4) is 0 Å². The molecule has 0 saturated carbocycles. The van der Waals surface area contributed by atoms with Gasteiger partial charge in [0.1, 0.15) is 0 Å². The number of amides is 1. The van der Waals surface area contributed by atoms with Gasteiger partial charge in [0.2, 0.25) is 0 Å². The first-order chi connectivity index (χ1) is 16.1. The third-order valence-corrected chi connectivity index (χ3v) is 7.93. The van der Waals surface area contributed by atoms with Crippen molar-refractivity contribution in [3.8, 4) is 0 Å². The highest BCUT2D eigenvalue weighted by atomic mass is 19.4. The molecule has 2 fully saturated rings. The van der Waals surface area contributed by atoms with Gasteiger partial charge < -0.3 is 15.0 Å². The van der Waals surface area contributed by atoms with Gasteiger partial charge in [-0.2, -0.15) is 13.2 Å². The Balaban J connectivity index is 1.62. The van der Waals surface area contributed by atoms with E-state index in [0.29, 0.717) is 12.8 Å². The van der Waals surface area contributed by atoms with E-state index < -0.39 is 17.7 Å². The zero-order chi connectivity index (χ0) is 24.6. The molecule has 2 atom stereocenters. The van der Waals surface area contributed by atoms with Crippen LogP contribution in [-0.4, -0.2) is 50.3 Å². The van der Waals surface area contributed by atoms with Crippen LogP contribution >= 0.6 is 0 Å². The second-order valence-electron chi connectivity index (χ2n) is 9.77. The molecule has 0 aromatic heterocycles. The maximum Gasteiger partial charge on any atom is 0.430 e. The van der Waals surface area contributed by atoms with E-state index in [-0.39, 0.29) is 30.0 Å². The van der Waals surface area contributed by atoms with Crippen LogP contribution in [0.15, 0.2) is 48.5 Å². The van der Waals surface area contributed by atoms with Crippen LogP contribution in [-0.2, 0) is 15.1 Å². The van der Waals surface area contributed by atoms with Crippen LogP contribution in [0.5, 0.6) is 0 Å². The third kappa shape index (κ3) is 4.13. The Kier molecular flexibility index (Phi) is 6.80. The Bertz CT molecular complexity index is 1020. The summed E-state index contributed by atoms with van der Waals surface area (Å²) in [6, 6.07) is 13.7. The van der Waals surface area contributed by atoms with Crippen molar-refractivity contribution in [2.75, 3.05) is 33.3 Å². The number of likely N-dealkylation sites (tertiary alicyclic amines) is 1. The third-order valence-electron chi connectivity index (χ3n) is 7.93. The van der Waals surface area contributed by atoms with E-state index in [0.717, 1.165) is 26.6 Å². The first-order valence-electron chi connectivity index (χ1n) is 11.9. The highest BCUT2D eigenvalue weighted by molar-refractivity contribution is 5.88. The fourth-order valence-corrected chi connectivity index (χ4v) is 5.93. The number of piperidine rings is 2. The molecule has 7 heteroatoms. The van der Waals surface area contributed by atoms with E-state index in [1.807, 2.05) is 0 Å². The van der Waals surface area contributed by atoms with Crippen molar-refractivity contribution in [3.63, 3.8) is 0 Å². The highest BCUT2D eigenvalue weighted by Crippen LogP contribution is 2.50. The molecule has 0 radical (unpaired) electrons. The van der Waals surface area contributed by atoms with Gasteiger partial charge in [0.05, 0.1) is 0 Å². The van der Waals surface area contributed by atoms with Crippen molar-refractivity contribution in [2.24, 2.45) is 5.41 Å². The molecule has 2 aliphatic heterocycles. The highest BCUT2D eigenvalue weighted by Gasteiger charge is 2.64. The molecule has 0 bridgehead atoms. The van der Waals surface area contributed by atoms with Gasteiger partial charge in [-0.3, -0.25) is 4.79 Å². The van der Waals surface area contributed by atoms with E-state index in [4.69, 9.17) is 4.74 Å². The Morgan fingerprint density at radius 1 is 1.06 bits per heavy atom. The molecule has 1 amide bonds. The largest absolute Gasteiger partial charge is 0.430 e. The molecule has 34 heavy (non-hydrogen) atoms. The molecule has 0 aliphatic carbocycles. The monoisotopic (exact) mass is 474 g/mol. The molecular formula is C27H33F3N2O2. The van der Waals surface area contributed by atoms with Gasteiger partial charge in [-0.1, -0.05) is 54.1 Å². The Labute approximate surface area is 199 Å². The first kappa shape index (κ1) is 24.7. The zero-order valence-corrected chi connectivity index (χ0v) is 20.0. The Hall–Kier alpha value is -2.38. The fourth-order valence-electron chi connectivity index (χ4n) is 5.93. The second kappa shape index (κ2) is 9.34. The van der Waals surface area contributed by atoms with Crippen molar-refractivity contribution < 1.29 is 22.7 Å². The second-order valence-corrected chi connectivity index (χ2v) is 9.77. The summed E-state index contributed by atoms with van der Waals surface area (Å²) in [4.78, 5) is 14.8. The van der Waals surface area contributed by atoms with Crippen LogP contribution in [0.2, 0.25) is 0 Å². The number of aryl methyl sites for hydroxylation is 2. The number of methoxy groups -OCH3 is 1. The molecule has 2 aliphatic rings. The topological polar surface area (TPSA) is 41.6 Å². The van der Waals surface area contributed by atoms with Crippen LogP contribution in [0.1, 0.15) is 47.4 Å². The lowest BCUT2D eigenvalue weighted by molar-refractivity contribution is -0.271. The number of halogens is 3. The Morgan fingerprint density at radius 2 is 1.74 bits per heavy atom. The maximum atomic E-state index is 14.4. The number of carbonyl (C=O) groups is 1. The smallest absolute Gasteiger partial charge is 0.356 e. The first-order valence-corrected chi connectivity index (χ1v) is 11.9. The summed E-state index contributed by atoms with van der Waals surface area (Å²) in [6.07, 6.45) is -2.60. The molecule has 2 heterocycles. The quantitative estimate of drug-likeness (QED) is 0.671. The summed E-state index contributed by atoms with van der Waals surface area (Å²) < 4.78 is 48.2. The normalized spacial score (nSPS) is 22.4. The molecule has 1 spiro atoms. The average Bonchev–Trinajstić information content (AvgIpc) is 2.82. The number of hydrogen-bond acceptors (Lipinski definition) is 3. The van der Waals surface area contributed by atoms with Crippen molar-refractivity contribution in [2.45, 2.75) is 50.8 Å². The van der Waals surface area contributed by atoms with Crippen molar-refractivity contribution >= 4 is 5.91 Å². The number of carbonyl (C=O) groups excluding carboxylic acids is 1. The van der Waals surface area contributed by atoms with E-state index >= 15 is 0 Å². The number of nitrogens with zero attached hydrogens (tertiary/aromatic N) is 1. The van der Waals surface area contributed by atoms with Gasteiger partial charge in [-0.15, -0.1) is 0 Å². The Morgan fingerprint density at radius 3 is 2.35 bits per heavy atom. The fraction of sp³-hybridized carbons (Fsp3) is 0.519. The standard InChI is InChI=1S/C27H33F3N2O2/c1-19-9-10-20(2)22(17-19)23-18-31-14-11-25(23)12-15-32(16-13-25)24(33)26(34-3,27(28,29)30)21-7-5-4-6-8-21/h4-10,17,23,31H,11-16,18H2,1-3H3/t23?,26-/m1/s1. The number of rotatable bonds is 4. The number of benzene rings is 2. The summed E-state index contributed by atoms with van der Waals surface area (Å²) in [5.74, 6) is -0.761. The number of alkyl halides is 3. The van der Waals surface area contributed by atoms with Crippen molar-refractivity contribution in [1.29, 1.82) is 0 Å². The summed E-state index contributed by atoms with van der Waals surface area (Å²) in [6.45, 7) is 6.49. The van der Waals surface area contributed by atoms with E-state index in [2.05, 4.69) is 37.4 Å². The number of nitrogens with one attached hydrogen (secondary N) is 1. The minimum atomic E-state index is -4.88. The molecule has 2 aromatic rings. The van der Waals surface area contributed by atoms with E-state index in [1.54, 1.807) is 6.07 Å². The predicted octanol–water partition coefficient (Wildman–Crippen LogP) is 5.09. The lowest BCUT2D eigenvalue weighted by atomic mass is 9.62. The van der Waals surface area contributed by atoms with Crippen molar-refractivity contribution in [1.82, 2.24) is 10.2 Å². The lowest BCUT2D eigenvalue weighted by Crippen LogP contribution is -2.59. The molecule has 2 saturated heterocycles. The summed E-state index contributed by atoms with van der Waals surface area (Å²) in [5.41, 5.74) is 0.507.